The minimum absolute atomic E-state index is 0.223. The van der Waals surface area contributed by atoms with Crippen molar-refractivity contribution in [1.29, 1.82) is 0 Å². The van der Waals surface area contributed by atoms with Crippen LogP contribution in [0.25, 0.3) is 0 Å². The molecule has 22 heavy (non-hydrogen) atoms. The fourth-order valence-corrected chi connectivity index (χ4v) is 5.80. The lowest BCUT2D eigenvalue weighted by atomic mass is 9.99. The molecular formula is C21H34Si. The molecule has 0 N–H and O–H groups in total. The van der Waals surface area contributed by atoms with Crippen molar-refractivity contribution >= 4 is 13.3 Å². The maximum absolute atomic E-state index is 4.19. The predicted molar refractivity (Wildman–Crippen MR) is 105 cm³/mol. The SMILES string of the molecule is C=CC(C)(CC/C(C)=C/CC(C)C)[Si](C)(C)c1ccccc1. The normalized spacial score (nSPS) is 15.7. The van der Waals surface area contributed by atoms with Gasteiger partial charge in [0.2, 0.25) is 0 Å². The van der Waals surface area contributed by atoms with Crippen LogP contribution in [0.1, 0.15) is 47.0 Å². The molecule has 0 fully saturated rings. The average Bonchev–Trinajstić information content (AvgIpc) is 2.51. The van der Waals surface area contributed by atoms with Gasteiger partial charge in [-0.15, -0.1) is 6.58 Å². The first kappa shape index (κ1) is 19.0. The Bertz CT molecular complexity index is 496. The molecule has 0 bridgehead atoms. The van der Waals surface area contributed by atoms with Gasteiger partial charge in [0.25, 0.3) is 0 Å². The molecule has 122 valence electrons. The summed E-state index contributed by atoms with van der Waals surface area (Å²) in [6, 6.07) is 11.0. The molecule has 0 amide bonds. The zero-order chi connectivity index (χ0) is 16.8. The average molecular weight is 315 g/mol. The summed E-state index contributed by atoms with van der Waals surface area (Å²) in [6.45, 7) is 18.4. The second kappa shape index (κ2) is 7.96. The summed E-state index contributed by atoms with van der Waals surface area (Å²) in [5, 5.41) is 1.75. The van der Waals surface area contributed by atoms with Crippen LogP contribution < -0.4 is 5.19 Å². The molecule has 0 aliphatic rings. The minimum Gasteiger partial charge on any atom is -0.103 e. The van der Waals surface area contributed by atoms with E-state index in [9.17, 15) is 0 Å². The molecule has 1 atom stereocenters. The van der Waals surface area contributed by atoms with Gasteiger partial charge >= 0.3 is 0 Å². The Morgan fingerprint density at radius 1 is 1.23 bits per heavy atom. The molecule has 0 heterocycles. The Morgan fingerprint density at radius 3 is 2.32 bits per heavy atom. The number of benzene rings is 1. The third-order valence-electron chi connectivity index (χ3n) is 5.35. The van der Waals surface area contributed by atoms with Crippen LogP contribution >= 0.6 is 0 Å². The number of allylic oxidation sites excluding steroid dienone is 3. The van der Waals surface area contributed by atoms with Crippen LogP contribution in [0.2, 0.25) is 18.1 Å². The fourth-order valence-electron chi connectivity index (χ4n) is 2.85. The molecule has 0 radical (unpaired) electrons. The molecule has 0 nitrogen and oxygen atoms in total. The summed E-state index contributed by atoms with van der Waals surface area (Å²) in [7, 11) is -1.59. The van der Waals surface area contributed by atoms with Gasteiger partial charge < -0.3 is 0 Å². The van der Waals surface area contributed by atoms with Crippen molar-refractivity contribution in [2.24, 2.45) is 5.92 Å². The maximum atomic E-state index is 4.19. The van der Waals surface area contributed by atoms with E-state index in [1.165, 1.54) is 30.0 Å². The van der Waals surface area contributed by atoms with Gasteiger partial charge in [-0.3, -0.25) is 0 Å². The van der Waals surface area contributed by atoms with Crippen molar-refractivity contribution < 1.29 is 0 Å². The van der Waals surface area contributed by atoms with Crippen molar-refractivity contribution in [2.75, 3.05) is 0 Å². The lowest BCUT2D eigenvalue weighted by molar-refractivity contribution is 0.631. The summed E-state index contributed by atoms with van der Waals surface area (Å²) < 4.78 is 0. The van der Waals surface area contributed by atoms with Gasteiger partial charge in [0, 0.05) is 0 Å². The molecule has 1 rings (SSSR count). The van der Waals surface area contributed by atoms with Crippen molar-refractivity contribution in [2.45, 2.75) is 65.1 Å². The quantitative estimate of drug-likeness (QED) is 0.389. The molecule has 0 aliphatic heterocycles. The summed E-state index contributed by atoms with van der Waals surface area (Å²) >= 11 is 0. The zero-order valence-corrected chi connectivity index (χ0v) is 16.4. The van der Waals surface area contributed by atoms with Crippen LogP contribution in [0.3, 0.4) is 0 Å². The van der Waals surface area contributed by atoms with Gasteiger partial charge in [-0.1, -0.05) is 87.1 Å². The monoisotopic (exact) mass is 314 g/mol. The van der Waals surface area contributed by atoms with E-state index in [4.69, 9.17) is 0 Å². The predicted octanol–water partition coefficient (Wildman–Crippen LogP) is 6.32. The zero-order valence-electron chi connectivity index (χ0n) is 15.4. The lowest BCUT2D eigenvalue weighted by Crippen LogP contribution is -2.50. The Kier molecular flexibility index (Phi) is 6.86. The molecule has 0 spiro atoms. The van der Waals surface area contributed by atoms with Crippen LogP contribution in [0.15, 0.2) is 54.6 Å². The van der Waals surface area contributed by atoms with Crippen molar-refractivity contribution in [3.8, 4) is 0 Å². The highest BCUT2D eigenvalue weighted by molar-refractivity contribution is 6.92. The van der Waals surface area contributed by atoms with Crippen LogP contribution in [0.5, 0.6) is 0 Å². The second-order valence-electron chi connectivity index (χ2n) is 7.79. The summed E-state index contributed by atoms with van der Waals surface area (Å²) in [6.07, 6.45) is 8.22. The van der Waals surface area contributed by atoms with E-state index in [-0.39, 0.29) is 5.04 Å². The van der Waals surface area contributed by atoms with Crippen LogP contribution in [-0.4, -0.2) is 8.07 Å². The van der Waals surface area contributed by atoms with Crippen LogP contribution in [0, 0.1) is 5.92 Å². The largest absolute Gasteiger partial charge is 0.103 e. The van der Waals surface area contributed by atoms with Crippen molar-refractivity contribution in [1.82, 2.24) is 0 Å². The number of hydrogen-bond acceptors (Lipinski definition) is 0. The molecule has 0 aromatic heterocycles. The Hall–Kier alpha value is -1.08. The van der Waals surface area contributed by atoms with E-state index in [0.29, 0.717) is 0 Å². The fraction of sp³-hybridized carbons (Fsp3) is 0.524. The second-order valence-corrected chi connectivity index (χ2v) is 12.8. The van der Waals surface area contributed by atoms with Crippen molar-refractivity contribution in [3.63, 3.8) is 0 Å². The summed E-state index contributed by atoms with van der Waals surface area (Å²) in [5.74, 6) is 0.746. The van der Waals surface area contributed by atoms with Gasteiger partial charge in [0.15, 0.2) is 0 Å². The van der Waals surface area contributed by atoms with E-state index in [1.807, 2.05) is 0 Å². The van der Waals surface area contributed by atoms with Gasteiger partial charge in [-0.25, -0.2) is 0 Å². The minimum atomic E-state index is -1.59. The Balaban J connectivity index is 2.88. The standard InChI is InChI=1S/C21H34Si/c1-8-21(5,17-16-19(4)15-14-18(2)3)22(6,7)20-12-10-9-11-13-20/h8-13,15,18H,1,14,16-17H2,2-7H3/b19-15+. The number of hydrogen-bond donors (Lipinski definition) is 0. The van der Waals surface area contributed by atoms with E-state index in [1.54, 1.807) is 0 Å². The highest BCUT2D eigenvalue weighted by Gasteiger charge is 2.41. The van der Waals surface area contributed by atoms with Gasteiger partial charge in [-0.05, 0) is 37.1 Å². The first-order chi connectivity index (χ1) is 10.2. The topological polar surface area (TPSA) is 0 Å². The molecule has 1 aromatic rings. The summed E-state index contributed by atoms with van der Waals surface area (Å²) in [5.41, 5.74) is 1.53. The van der Waals surface area contributed by atoms with E-state index < -0.39 is 8.07 Å². The molecule has 1 aromatic carbocycles. The first-order valence-corrected chi connectivity index (χ1v) is 11.6. The van der Waals surface area contributed by atoms with Crippen LogP contribution in [-0.2, 0) is 0 Å². The van der Waals surface area contributed by atoms with Crippen molar-refractivity contribution in [3.05, 3.63) is 54.6 Å². The van der Waals surface area contributed by atoms with Gasteiger partial charge in [-0.2, -0.15) is 0 Å². The highest BCUT2D eigenvalue weighted by atomic mass is 28.3. The molecule has 0 aliphatic carbocycles. The Morgan fingerprint density at radius 2 is 1.82 bits per heavy atom. The lowest BCUT2D eigenvalue weighted by Gasteiger charge is -2.41. The Labute approximate surface area is 139 Å². The molecule has 1 heteroatoms. The molecular weight excluding hydrogens is 280 g/mol. The first-order valence-electron chi connectivity index (χ1n) is 8.57. The third kappa shape index (κ3) is 4.71. The number of rotatable bonds is 8. The van der Waals surface area contributed by atoms with Crippen LogP contribution in [0.4, 0.5) is 0 Å². The van der Waals surface area contributed by atoms with E-state index in [2.05, 4.69) is 89.9 Å². The smallest absolute Gasteiger partial charge is 0.0901 e. The molecule has 0 saturated carbocycles. The molecule has 1 unspecified atom stereocenters. The van der Waals surface area contributed by atoms with E-state index in [0.717, 1.165) is 5.92 Å². The van der Waals surface area contributed by atoms with Gasteiger partial charge in [0.1, 0.15) is 0 Å². The highest BCUT2D eigenvalue weighted by Crippen LogP contribution is 2.43. The summed E-state index contributed by atoms with van der Waals surface area (Å²) in [4.78, 5) is 0. The van der Waals surface area contributed by atoms with Gasteiger partial charge in [0.05, 0.1) is 8.07 Å². The molecule has 0 saturated heterocycles. The third-order valence-corrected chi connectivity index (χ3v) is 10.4. The maximum Gasteiger partial charge on any atom is 0.0901 e. The van der Waals surface area contributed by atoms with E-state index >= 15 is 0 Å².